The number of ether oxygens (including phenoxy) is 1. The minimum Gasteiger partial charge on any atom is -0.378 e. The van der Waals surface area contributed by atoms with Gasteiger partial charge in [0.15, 0.2) is 0 Å². The summed E-state index contributed by atoms with van der Waals surface area (Å²) < 4.78 is 7.94. The van der Waals surface area contributed by atoms with E-state index in [4.69, 9.17) is 4.74 Å². The Bertz CT molecular complexity index is 721. The molecule has 1 amide bonds. The fourth-order valence-electron chi connectivity index (χ4n) is 3.91. The maximum absolute atomic E-state index is 12.6. The Morgan fingerprint density at radius 2 is 2.12 bits per heavy atom. The van der Waals surface area contributed by atoms with Gasteiger partial charge < -0.3 is 14.6 Å². The molecule has 5 nitrogen and oxygen atoms in total. The quantitative estimate of drug-likeness (QED) is 0.874. The number of carbonyl (C=O) groups excluding carboxylic acids is 1. The van der Waals surface area contributed by atoms with Crippen molar-refractivity contribution >= 4 is 16.9 Å². The lowest BCUT2D eigenvalue weighted by atomic mass is 9.89. The lowest BCUT2D eigenvalue weighted by Gasteiger charge is -2.34. The molecule has 3 rings (SSSR count). The number of imidazole rings is 1. The zero-order chi connectivity index (χ0) is 17.8. The van der Waals surface area contributed by atoms with Crippen molar-refractivity contribution in [2.75, 3.05) is 6.61 Å². The summed E-state index contributed by atoms with van der Waals surface area (Å²) in [4.78, 5) is 17.1. The molecule has 5 heteroatoms. The van der Waals surface area contributed by atoms with E-state index in [1.54, 1.807) is 0 Å². The first-order valence-corrected chi connectivity index (χ1v) is 9.45. The number of nitrogens with one attached hydrogen (secondary N) is 1. The monoisotopic (exact) mass is 343 g/mol. The Hall–Kier alpha value is -1.88. The van der Waals surface area contributed by atoms with E-state index >= 15 is 0 Å². The SMILES string of the molecule is CCC(CC)C1CC(NC(=O)Cn2c(C)nc3ccccc32)CCO1. The standard InChI is InChI=1S/C20H29N3O2/c1-4-15(5-2)19-12-16(10-11-25-19)22-20(24)13-23-14(3)21-17-8-6-7-9-18(17)23/h6-9,15-16,19H,4-5,10-13H2,1-3H3,(H,22,24). The van der Waals surface area contributed by atoms with Crippen LogP contribution in [0, 0.1) is 12.8 Å². The summed E-state index contributed by atoms with van der Waals surface area (Å²) in [5.74, 6) is 1.51. The maximum atomic E-state index is 12.6. The molecule has 1 fully saturated rings. The summed E-state index contributed by atoms with van der Waals surface area (Å²) in [6, 6.07) is 8.16. The zero-order valence-electron chi connectivity index (χ0n) is 15.5. The van der Waals surface area contributed by atoms with E-state index in [1.165, 1.54) is 0 Å². The van der Waals surface area contributed by atoms with Crippen molar-refractivity contribution in [3.8, 4) is 0 Å². The predicted octanol–water partition coefficient (Wildman–Crippen LogP) is 3.44. The van der Waals surface area contributed by atoms with Gasteiger partial charge in [0.1, 0.15) is 12.4 Å². The van der Waals surface area contributed by atoms with Gasteiger partial charge in [0.2, 0.25) is 5.91 Å². The molecule has 2 atom stereocenters. The van der Waals surface area contributed by atoms with Crippen LogP contribution in [0.15, 0.2) is 24.3 Å². The lowest BCUT2D eigenvalue weighted by Crippen LogP contribution is -2.45. The molecule has 0 spiro atoms. The molecular weight excluding hydrogens is 314 g/mol. The predicted molar refractivity (Wildman–Crippen MR) is 99.4 cm³/mol. The highest BCUT2D eigenvalue weighted by Gasteiger charge is 2.28. The van der Waals surface area contributed by atoms with Crippen LogP contribution in [0.3, 0.4) is 0 Å². The van der Waals surface area contributed by atoms with Gasteiger partial charge in [0.05, 0.1) is 17.1 Å². The topological polar surface area (TPSA) is 56.2 Å². The van der Waals surface area contributed by atoms with Crippen molar-refractivity contribution in [1.29, 1.82) is 0 Å². The second kappa shape index (κ2) is 8.00. The highest BCUT2D eigenvalue weighted by molar-refractivity contribution is 5.81. The van der Waals surface area contributed by atoms with Crippen molar-refractivity contribution in [2.24, 2.45) is 5.92 Å². The van der Waals surface area contributed by atoms with Crippen LogP contribution >= 0.6 is 0 Å². The molecule has 0 radical (unpaired) electrons. The second-order valence-electron chi connectivity index (χ2n) is 7.01. The van der Waals surface area contributed by atoms with Crippen LogP contribution in [-0.2, 0) is 16.1 Å². The molecule has 1 aliphatic rings. The number of nitrogens with zero attached hydrogens (tertiary/aromatic N) is 2. The number of amides is 1. The van der Waals surface area contributed by atoms with Crippen LogP contribution < -0.4 is 5.32 Å². The lowest BCUT2D eigenvalue weighted by molar-refractivity contribution is -0.123. The molecule has 0 saturated carbocycles. The Morgan fingerprint density at radius 1 is 1.36 bits per heavy atom. The van der Waals surface area contributed by atoms with E-state index < -0.39 is 0 Å². The average molecular weight is 343 g/mol. The van der Waals surface area contributed by atoms with Crippen LogP contribution in [0.2, 0.25) is 0 Å². The van der Waals surface area contributed by atoms with Crippen molar-refractivity contribution < 1.29 is 9.53 Å². The van der Waals surface area contributed by atoms with Crippen LogP contribution in [0.1, 0.15) is 45.4 Å². The van der Waals surface area contributed by atoms with Gasteiger partial charge in [-0.25, -0.2) is 4.98 Å². The first-order chi connectivity index (χ1) is 12.1. The van der Waals surface area contributed by atoms with Gasteiger partial charge in [0.25, 0.3) is 0 Å². The number of hydrogen-bond acceptors (Lipinski definition) is 3. The molecule has 1 saturated heterocycles. The Morgan fingerprint density at radius 3 is 2.88 bits per heavy atom. The fraction of sp³-hybridized carbons (Fsp3) is 0.600. The summed E-state index contributed by atoms with van der Waals surface area (Å²) in [5.41, 5.74) is 1.95. The molecule has 2 aromatic rings. The Kier molecular flexibility index (Phi) is 5.74. The van der Waals surface area contributed by atoms with Gasteiger partial charge in [0, 0.05) is 12.6 Å². The van der Waals surface area contributed by atoms with Gasteiger partial charge in [-0.05, 0) is 37.8 Å². The molecule has 1 aliphatic heterocycles. The number of rotatable bonds is 6. The molecule has 136 valence electrons. The molecule has 1 aromatic carbocycles. The molecule has 0 bridgehead atoms. The first kappa shape index (κ1) is 17.9. The Labute approximate surface area is 149 Å². The molecule has 2 unspecified atom stereocenters. The van der Waals surface area contributed by atoms with Gasteiger partial charge in [-0.2, -0.15) is 0 Å². The third-order valence-electron chi connectivity index (χ3n) is 5.40. The van der Waals surface area contributed by atoms with Gasteiger partial charge >= 0.3 is 0 Å². The largest absolute Gasteiger partial charge is 0.378 e. The summed E-state index contributed by atoms with van der Waals surface area (Å²) in [5, 5.41) is 3.21. The minimum absolute atomic E-state index is 0.0569. The fourth-order valence-corrected chi connectivity index (χ4v) is 3.91. The molecule has 1 N–H and O–H groups in total. The van der Waals surface area contributed by atoms with Crippen LogP contribution in [0.4, 0.5) is 0 Å². The van der Waals surface area contributed by atoms with Gasteiger partial charge in [-0.1, -0.05) is 38.8 Å². The van der Waals surface area contributed by atoms with Crippen LogP contribution in [-0.4, -0.2) is 34.2 Å². The molecule has 1 aromatic heterocycles. The number of benzene rings is 1. The van der Waals surface area contributed by atoms with E-state index in [2.05, 4.69) is 24.1 Å². The molecular formula is C20H29N3O2. The summed E-state index contributed by atoms with van der Waals surface area (Å²) >= 11 is 0. The van der Waals surface area contributed by atoms with E-state index in [-0.39, 0.29) is 18.1 Å². The number of fused-ring (bicyclic) bond motifs is 1. The molecule has 2 heterocycles. The summed E-state index contributed by atoms with van der Waals surface area (Å²) in [6.45, 7) is 7.43. The van der Waals surface area contributed by atoms with Crippen molar-refractivity contribution in [3.05, 3.63) is 30.1 Å². The van der Waals surface area contributed by atoms with Crippen molar-refractivity contribution in [1.82, 2.24) is 14.9 Å². The highest BCUT2D eigenvalue weighted by atomic mass is 16.5. The molecule has 25 heavy (non-hydrogen) atoms. The Balaban J connectivity index is 1.63. The number of aryl methyl sites for hydroxylation is 1. The van der Waals surface area contributed by atoms with E-state index in [0.717, 1.165) is 49.1 Å². The second-order valence-corrected chi connectivity index (χ2v) is 7.01. The number of aromatic nitrogens is 2. The zero-order valence-corrected chi connectivity index (χ0v) is 15.5. The average Bonchev–Trinajstić information content (AvgIpc) is 2.92. The van der Waals surface area contributed by atoms with E-state index in [0.29, 0.717) is 12.5 Å². The molecule has 0 aliphatic carbocycles. The first-order valence-electron chi connectivity index (χ1n) is 9.45. The van der Waals surface area contributed by atoms with Crippen LogP contribution in [0.25, 0.3) is 11.0 Å². The minimum atomic E-state index is 0.0569. The third-order valence-corrected chi connectivity index (χ3v) is 5.40. The van der Waals surface area contributed by atoms with E-state index in [1.807, 2.05) is 35.8 Å². The van der Waals surface area contributed by atoms with Crippen LogP contribution in [0.5, 0.6) is 0 Å². The number of hydrogen-bond donors (Lipinski definition) is 1. The normalized spacial score (nSPS) is 21.0. The van der Waals surface area contributed by atoms with Gasteiger partial charge in [-0.3, -0.25) is 4.79 Å². The number of para-hydroxylation sites is 2. The van der Waals surface area contributed by atoms with E-state index in [9.17, 15) is 4.79 Å². The number of carbonyl (C=O) groups is 1. The highest BCUT2D eigenvalue weighted by Crippen LogP contribution is 2.25. The smallest absolute Gasteiger partial charge is 0.240 e. The third kappa shape index (κ3) is 4.03. The van der Waals surface area contributed by atoms with Gasteiger partial charge in [-0.15, -0.1) is 0 Å². The van der Waals surface area contributed by atoms with Crippen molar-refractivity contribution in [2.45, 2.75) is 65.1 Å². The summed E-state index contributed by atoms with van der Waals surface area (Å²) in [6.07, 6.45) is 4.34. The maximum Gasteiger partial charge on any atom is 0.240 e. The van der Waals surface area contributed by atoms with Crippen molar-refractivity contribution in [3.63, 3.8) is 0 Å². The summed E-state index contributed by atoms with van der Waals surface area (Å²) in [7, 11) is 0.